The van der Waals surface area contributed by atoms with E-state index in [1.54, 1.807) is 18.4 Å². The zero-order valence-electron chi connectivity index (χ0n) is 14.9. The molecule has 2 aromatic carbocycles. The van der Waals surface area contributed by atoms with E-state index >= 15 is 0 Å². The molecule has 1 atom stereocenters. The van der Waals surface area contributed by atoms with Gasteiger partial charge in [-0.1, -0.05) is 35.9 Å². The number of benzene rings is 2. The summed E-state index contributed by atoms with van der Waals surface area (Å²) in [5.41, 5.74) is 4.30. The van der Waals surface area contributed by atoms with Gasteiger partial charge in [0.25, 0.3) is 5.91 Å². The highest BCUT2D eigenvalue weighted by atomic mass is 32.1. The Hall–Kier alpha value is -2.59. The molecular weight excluding hydrogens is 342 g/mol. The maximum absolute atomic E-state index is 13.3. The zero-order chi connectivity index (χ0) is 18.1. The number of hydrogen-bond acceptors (Lipinski definition) is 3. The highest BCUT2D eigenvalue weighted by molar-refractivity contribution is 7.10. The SMILES string of the molecule is COc1cccc(C(=O)N2CCc3sccc3C2c2ccc(C)cc2)c1. The van der Waals surface area contributed by atoms with Crippen LogP contribution in [0, 0.1) is 6.92 Å². The molecule has 0 radical (unpaired) electrons. The van der Waals surface area contributed by atoms with Gasteiger partial charge >= 0.3 is 0 Å². The fourth-order valence-electron chi connectivity index (χ4n) is 3.57. The van der Waals surface area contributed by atoms with Crippen molar-refractivity contribution in [3.63, 3.8) is 0 Å². The van der Waals surface area contributed by atoms with E-state index in [2.05, 4.69) is 42.6 Å². The summed E-state index contributed by atoms with van der Waals surface area (Å²) in [4.78, 5) is 16.7. The number of thiophene rings is 1. The Balaban J connectivity index is 1.76. The molecule has 0 N–H and O–H groups in total. The minimum atomic E-state index is -0.0377. The van der Waals surface area contributed by atoms with Crippen molar-refractivity contribution in [2.24, 2.45) is 0 Å². The highest BCUT2D eigenvalue weighted by Gasteiger charge is 2.33. The van der Waals surface area contributed by atoms with Gasteiger partial charge in [0.05, 0.1) is 13.2 Å². The van der Waals surface area contributed by atoms with Crippen LogP contribution in [0.3, 0.4) is 0 Å². The van der Waals surface area contributed by atoms with E-state index < -0.39 is 0 Å². The van der Waals surface area contributed by atoms with Crippen LogP contribution in [0.15, 0.2) is 60.0 Å². The van der Waals surface area contributed by atoms with Gasteiger partial charge in [-0.05, 0) is 54.1 Å². The first-order valence-electron chi connectivity index (χ1n) is 8.75. The van der Waals surface area contributed by atoms with Gasteiger partial charge < -0.3 is 9.64 Å². The quantitative estimate of drug-likeness (QED) is 0.665. The van der Waals surface area contributed by atoms with Gasteiger partial charge in [0, 0.05) is 17.0 Å². The van der Waals surface area contributed by atoms with Gasteiger partial charge in [-0.15, -0.1) is 11.3 Å². The Morgan fingerprint density at radius 3 is 2.73 bits per heavy atom. The second-order valence-electron chi connectivity index (χ2n) is 6.59. The Morgan fingerprint density at radius 1 is 1.15 bits per heavy atom. The normalized spacial score (nSPS) is 16.2. The van der Waals surface area contributed by atoms with E-state index in [-0.39, 0.29) is 11.9 Å². The van der Waals surface area contributed by atoms with E-state index in [1.807, 2.05) is 29.2 Å². The van der Waals surface area contributed by atoms with E-state index in [9.17, 15) is 4.79 Å². The summed E-state index contributed by atoms with van der Waals surface area (Å²) in [6, 6.07) is 18.0. The van der Waals surface area contributed by atoms with Gasteiger partial charge in [-0.25, -0.2) is 0 Å². The highest BCUT2D eigenvalue weighted by Crippen LogP contribution is 2.38. The molecule has 132 valence electrons. The first-order valence-corrected chi connectivity index (χ1v) is 9.63. The number of carbonyl (C=O) groups is 1. The maximum Gasteiger partial charge on any atom is 0.254 e. The van der Waals surface area contributed by atoms with Gasteiger partial charge in [-0.3, -0.25) is 4.79 Å². The van der Waals surface area contributed by atoms with Crippen molar-refractivity contribution in [1.82, 2.24) is 4.90 Å². The average Bonchev–Trinajstić information content (AvgIpc) is 3.16. The molecule has 0 spiro atoms. The second kappa shape index (κ2) is 6.96. The molecule has 0 bridgehead atoms. The lowest BCUT2D eigenvalue weighted by atomic mass is 9.92. The van der Waals surface area contributed by atoms with E-state index in [0.717, 1.165) is 18.5 Å². The number of aryl methyl sites for hydroxylation is 1. The molecule has 26 heavy (non-hydrogen) atoms. The molecule has 1 unspecified atom stereocenters. The van der Waals surface area contributed by atoms with Crippen LogP contribution in [0.5, 0.6) is 5.75 Å². The zero-order valence-corrected chi connectivity index (χ0v) is 15.8. The maximum atomic E-state index is 13.3. The molecule has 4 rings (SSSR count). The molecular formula is C22H21NO2S. The van der Waals surface area contributed by atoms with Crippen molar-refractivity contribution in [2.45, 2.75) is 19.4 Å². The molecule has 1 amide bonds. The molecule has 0 aliphatic carbocycles. The molecule has 0 saturated carbocycles. The van der Waals surface area contributed by atoms with Crippen molar-refractivity contribution in [1.29, 1.82) is 0 Å². The summed E-state index contributed by atoms with van der Waals surface area (Å²) in [6.07, 6.45) is 0.908. The summed E-state index contributed by atoms with van der Waals surface area (Å²) in [5, 5.41) is 2.13. The number of ether oxygens (including phenoxy) is 1. The molecule has 1 aliphatic heterocycles. The van der Waals surface area contributed by atoms with Crippen LogP contribution in [0.25, 0.3) is 0 Å². The molecule has 2 heterocycles. The van der Waals surface area contributed by atoms with Crippen molar-refractivity contribution in [3.05, 3.63) is 87.1 Å². The third kappa shape index (κ3) is 3.01. The van der Waals surface area contributed by atoms with E-state index in [0.29, 0.717) is 11.3 Å². The molecule has 3 aromatic rings. The molecule has 0 fully saturated rings. The van der Waals surface area contributed by atoms with Crippen molar-refractivity contribution in [2.75, 3.05) is 13.7 Å². The Kier molecular flexibility index (Phi) is 4.51. The lowest BCUT2D eigenvalue weighted by Gasteiger charge is -2.36. The smallest absolute Gasteiger partial charge is 0.254 e. The van der Waals surface area contributed by atoms with Gasteiger partial charge in [-0.2, -0.15) is 0 Å². The van der Waals surface area contributed by atoms with Gasteiger partial charge in [0.1, 0.15) is 5.75 Å². The van der Waals surface area contributed by atoms with E-state index in [1.165, 1.54) is 16.0 Å². The number of rotatable bonds is 3. The monoisotopic (exact) mass is 363 g/mol. The van der Waals surface area contributed by atoms with Crippen LogP contribution in [0.1, 0.15) is 38.0 Å². The third-order valence-electron chi connectivity index (χ3n) is 4.94. The number of amides is 1. The van der Waals surface area contributed by atoms with Crippen LogP contribution in [0.4, 0.5) is 0 Å². The molecule has 0 saturated heterocycles. The van der Waals surface area contributed by atoms with Crippen LogP contribution >= 0.6 is 11.3 Å². The number of hydrogen-bond donors (Lipinski definition) is 0. The number of nitrogens with zero attached hydrogens (tertiary/aromatic N) is 1. The van der Waals surface area contributed by atoms with Crippen LogP contribution < -0.4 is 4.74 Å². The molecule has 1 aromatic heterocycles. The topological polar surface area (TPSA) is 29.5 Å². The fourth-order valence-corrected chi connectivity index (χ4v) is 4.47. The van der Waals surface area contributed by atoms with Crippen LogP contribution in [-0.4, -0.2) is 24.5 Å². The van der Waals surface area contributed by atoms with Crippen molar-refractivity contribution < 1.29 is 9.53 Å². The largest absolute Gasteiger partial charge is 0.497 e. The van der Waals surface area contributed by atoms with Crippen molar-refractivity contribution >= 4 is 17.2 Å². The fraction of sp³-hybridized carbons (Fsp3) is 0.227. The predicted octanol–water partition coefficient (Wildman–Crippen LogP) is 4.85. The summed E-state index contributed by atoms with van der Waals surface area (Å²) in [5.74, 6) is 0.752. The first kappa shape index (κ1) is 16.9. The summed E-state index contributed by atoms with van der Waals surface area (Å²) in [6.45, 7) is 2.81. The average molecular weight is 363 g/mol. The van der Waals surface area contributed by atoms with Crippen molar-refractivity contribution in [3.8, 4) is 5.75 Å². The number of fused-ring (bicyclic) bond motifs is 1. The predicted molar refractivity (Wildman–Crippen MR) is 105 cm³/mol. The third-order valence-corrected chi connectivity index (χ3v) is 5.93. The number of carbonyl (C=O) groups excluding carboxylic acids is 1. The number of methoxy groups -OCH3 is 1. The minimum absolute atomic E-state index is 0.0377. The van der Waals surface area contributed by atoms with E-state index in [4.69, 9.17) is 4.74 Å². The first-order chi connectivity index (χ1) is 12.7. The van der Waals surface area contributed by atoms with Crippen LogP contribution in [0.2, 0.25) is 0 Å². The Morgan fingerprint density at radius 2 is 1.96 bits per heavy atom. The molecule has 4 heteroatoms. The summed E-state index contributed by atoms with van der Waals surface area (Å²) < 4.78 is 5.29. The second-order valence-corrected chi connectivity index (χ2v) is 7.59. The summed E-state index contributed by atoms with van der Waals surface area (Å²) >= 11 is 1.78. The minimum Gasteiger partial charge on any atom is -0.497 e. The van der Waals surface area contributed by atoms with Crippen LogP contribution in [-0.2, 0) is 6.42 Å². The standard InChI is InChI=1S/C22H21NO2S/c1-15-6-8-16(9-7-15)21-19-11-13-26-20(19)10-12-23(21)22(24)17-4-3-5-18(14-17)25-2/h3-9,11,13-14,21H,10,12H2,1-2H3. The Bertz CT molecular complexity index is 929. The lowest BCUT2D eigenvalue weighted by Crippen LogP contribution is -2.40. The molecule has 3 nitrogen and oxygen atoms in total. The van der Waals surface area contributed by atoms with Gasteiger partial charge in [0.15, 0.2) is 0 Å². The summed E-state index contributed by atoms with van der Waals surface area (Å²) in [7, 11) is 1.62. The Labute approximate surface area is 157 Å². The molecule has 1 aliphatic rings. The van der Waals surface area contributed by atoms with Gasteiger partial charge in [0.2, 0.25) is 0 Å². The lowest BCUT2D eigenvalue weighted by molar-refractivity contribution is 0.0695.